The molecular formula is C16H13N3S. The van der Waals surface area contributed by atoms with Crippen molar-refractivity contribution >= 4 is 11.3 Å². The molecule has 0 saturated heterocycles. The molecule has 1 aliphatic carbocycles. The quantitative estimate of drug-likeness (QED) is 0.717. The Kier molecular flexibility index (Phi) is 2.81. The van der Waals surface area contributed by atoms with Crippen LogP contribution in [0, 0.1) is 0 Å². The minimum Gasteiger partial charge on any atom is -0.261 e. The Bertz CT molecular complexity index is 749. The number of benzene rings is 1. The van der Waals surface area contributed by atoms with Gasteiger partial charge >= 0.3 is 0 Å². The van der Waals surface area contributed by atoms with E-state index in [1.807, 2.05) is 0 Å². The molecule has 0 N–H and O–H groups in total. The first-order valence-corrected chi connectivity index (χ1v) is 7.62. The van der Waals surface area contributed by atoms with E-state index in [4.69, 9.17) is 4.98 Å². The molecule has 1 aliphatic rings. The first-order valence-electron chi connectivity index (χ1n) is 6.74. The lowest BCUT2D eigenvalue weighted by atomic mass is 10.1. The fourth-order valence-corrected chi connectivity index (χ4v) is 3.45. The number of hydrogen-bond donors (Lipinski definition) is 0. The molecule has 0 spiro atoms. The molecule has 0 fully saturated rings. The minimum absolute atomic E-state index is 0.838. The Balaban J connectivity index is 1.72. The number of rotatable bonds is 2. The molecule has 0 radical (unpaired) electrons. The molecule has 0 atom stereocenters. The molecule has 0 bridgehead atoms. The Hall–Kier alpha value is -2.07. The van der Waals surface area contributed by atoms with E-state index in [0.29, 0.717) is 0 Å². The molecule has 0 amide bonds. The second-order valence-corrected chi connectivity index (χ2v) is 5.82. The van der Waals surface area contributed by atoms with E-state index in [1.54, 1.807) is 29.9 Å². The van der Waals surface area contributed by atoms with Crippen molar-refractivity contribution in [2.24, 2.45) is 0 Å². The first kappa shape index (κ1) is 11.7. The van der Waals surface area contributed by atoms with Crippen LogP contribution in [0.5, 0.6) is 0 Å². The van der Waals surface area contributed by atoms with Gasteiger partial charge in [-0.15, -0.1) is 11.3 Å². The molecule has 1 aromatic carbocycles. The van der Waals surface area contributed by atoms with Crippen LogP contribution in [0.25, 0.3) is 22.0 Å². The lowest BCUT2D eigenvalue weighted by molar-refractivity contribution is 0.912. The highest BCUT2D eigenvalue weighted by Crippen LogP contribution is 2.31. The monoisotopic (exact) mass is 279 g/mol. The zero-order valence-corrected chi connectivity index (χ0v) is 11.7. The third-order valence-electron chi connectivity index (χ3n) is 3.68. The Morgan fingerprint density at radius 3 is 2.85 bits per heavy atom. The van der Waals surface area contributed by atoms with Gasteiger partial charge in [-0.25, -0.2) is 4.98 Å². The molecule has 2 heterocycles. The van der Waals surface area contributed by atoms with Crippen LogP contribution in [0.3, 0.4) is 0 Å². The number of hydrogen-bond acceptors (Lipinski definition) is 4. The van der Waals surface area contributed by atoms with E-state index in [0.717, 1.165) is 16.4 Å². The van der Waals surface area contributed by atoms with Crippen molar-refractivity contribution in [3.05, 3.63) is 53.3 Å². The molecular weight excluding hydrogens is 266 g/mol. The van der Waals surface area contributed by atoms with Gasteiger partial charge in [-0.05, 0) is 36.5 Å². The van der Waals surface area contributed by atoms with Gasteiger partial charge in [0.25, 0.3) is 0 Å². The molecule has 20 heavy (non-hydrogen) atoms. The largest absolute Gasteiger partial charge is 0.261 e. The van der Waals surface area contributed by atoms with Crippen LogP contribution in [0.1, 0.15) is 17.5 Å². The summed E-state index contributed by atoms with van der Waals surface area (Å²) >= 11 is 1.62. The highest BCUT2D eigenvalue weighted by Gasteiger charge is 2.13. The Morgan fingerprint density at radius 1 is 1.00 bits per heavy atom. The van der Waals surface area contributed by atoms with Crippen LogP contribution in [-0.2, 0) is 12.8 Å². The highest BCUT2D eigenvalue weighted by atomic mass is 32.1. The van der Waals surface area contributed by atoms with E-state index in [2.05, 4.69) is 33.5 Å². The van der Waals surface area contributed by atoms with Gasteiger partial charge in [-0.2, -0.15) is 0 Å². The summed E-state index contributed by atoms with van der Waals surface area (Å²) in [6.45, 7) is 0. The van der Waals surface area contributed by atoms with Crippen LogP contribution < -0.4 is 0 Å². The summed E-state index contributed by atoms with van der Waals surface area (Å²) in [5, 5.41) is 3.02. The van der Waals surface area contributed by atoms with Crippen molar-refractivity contribution in [2.45, 2.75) is 19.3 Å². The van der Waals surface area contributed by atoms with Crippen LogP contribution in [-0.4, -0.2) is 15.0 Å². The van der Waals surface area contributed by atoms with Crippen LogP contribution in [0.2, 0.25) is 0 Å². The third kappa shape index (κ3) is 2.02. The molecule has 0 saturated carbocycles. The fraction of sp³-hybridized carbons (Fsp3) is 0.188. The van der Waals surface area contributed by atoms with Crippen LogP contribution in [0.4, 0.5) is 0 Å². The average molecular weight is 279 g/mol. The Morgan fingerprint density at radius 2 is 1.95 bits per heavy atom. The normalized spacial score (nSPS) is 13.4. The predicted molar refractivity (Wildman–Crippen MR) is 80.6 cm³/mol. The molecule has 3 aromatic rings. The maximum absolute atomic E-state index is 4.69. The summed E-state index contributed by atoms with van der Waals surface area (Å²) in [7, 11) is 0. The van der Waals surface area contributed by atoms with Crippen molar-refractivity contribution in [1.82, 2.24) is 15.0 Å². The van der Waals surface area contributed by atoms with Crippen molar-refractivity contribution in [3.63, 3.8) is 0 Å². The maximum Gasteiger partial charge on any atom is 0.144 e. The van der Waals surface area contributed by atoms with Gasteiger partial charge in [0, 0.05) is 23.3 Å². The number of nitrogens with zero attached hydrogens (tertiary/aromatic N) is 3. The second kappa shape index (κ2) is 4.80. The third-order valence-corrected chi connectivity index (χ3v) is 4.55. The summed E-state index contributed by atoms with van der Waals surface area (Å²) in [4.78, 5) is 13.1. The topological polar surface area (TPSA) is 38.7 Å². The molecule has 4 rings (SSSR count). The Labute approximate surface area is 121 Å². The highest BCUT2D eigenvalue weighted by molar-refractivity contribution is 7.13. The number of fused-ring (bicyclic) bond motifs is 1. The second-order valence-electron chi connectivity index (χ2n) is 4.97. The van der Waals surface area contributed by atoms with Gasteiger partial charge in [-0.1, -0.05) is 12.1 Å². The van der Waals surface area contributed by atoms with Gasteiger partial charge in [0.15, 0.2) is 0 Å². The average Bonchev–Trinajstić information content (AvgIpc) is 3.16. The van der Waals surface area contributed by atoms with Gasteiger partial charge in [-0.3, -0.25) is 9.97 Å². The predicted octanol–water partition coefficient (Wildman–Crippen LogP) is 3.76. The summed E-state index contributed by atoms with van der Waals surface area (Å²) in [5.41, 5.74) is 6.06. The fourth-order valence-electron chi connectivity index (χ4n) is 2.66. The number of aromatic nitrogens is 3. The lowest BCUT2D eigenvalue weighted by Gasteiger charge is -2.02. The van der Waals surface area contributed by atoms with Crippen molar-refractivity contribution in [3.8, 4) is 22.0 Å². The summed E-state index contributed by atoms with van der Waals surface area (Å²) in [5.74, 6) is 0. The molecule has 2 aromatic heterocycles. The van der Waals surface area contributed by atoms with E-state index in [-0.39, 0.29) is 0 Å². The molecule has 98 valence electrons. The van der Waals surface area contributed by atoms with E-state index >= 15 is 0 Å². The standard InChI is InChI=1S/C16H13N3S/c1-2-11-4-5-13(8-12(11)3-1)15-10-20-16(19-15)14-9-17-6-7-18-14/h4-10H,1-3H2. The molecule has 4 heteroatoms. The first-order chi connectivity index (χ1) is 9.90. The zero-order chi connectivity index (χ0) is 13.4. The minimum atomic E-state index is 0.838. The lowest BCUT2D eigenvalue weighted by Crippen LogP contribution is -1.86. The van der Waals surface area contributed by atoms with Gasteiger partial charge in [0.05, 0.1) is 11.9 Å². The zero-order valence-electron chi connectivity index (χ0n) is 10.9. The maximum atomic E-state index is 4.69. The van der Waals surface area contributed by atoms with E-state index < -0.39 is 0 Å². The summed E-state index contributed by atoms with van der Waals surface area (Å²) < 4.78 is 0. The van der Waals surface area contributed by atoms with E-state index in [1.165, 1.54) is 36.0 Å². The SMILES string of the molecule is c1cnc(-c2nc(-c3ccc4c(c3)CCC4)cs2)cn1. The van der Waals surface area contributed by atoms with Crippen molar-refractivity contribution in [1.29, 1.82) is 0 Å². The number of thiazole rings is 1. The van der Waals surface area contributed by atoms with Crippen molar-refractivity contribution < 1.29 is 0 Å². The summed E-state index contributed by atoms with van der Waals surface area (Å²) in [6.07, 6.45) is 8.83. The van der Waals surface area contributed by atoms with E-state index in [9.17, 15) is 0 Å². The van der Waals surface area contributed by atoms with Crippen LogP contribution in [0.15, 0.2) is 42.2 Å². The molecule has 0 unspecified atom stereocenters. The molecule has 0 aliphatic heterocycles. The summed E-state index contributed by atoms with van der Waals surface area (Å²) in [6, 6.07) is 6.72. The van der Waals surface area contributed by atoms with Gasteiger partial charge in [0.2, 0.25) is 0 Å². The smallest absolute Gasteiger partial charge is 0.144 e. The van der Waals surface area contributed by atoms with Crippen molar-refractivity contribution in [2.75, 3.05) is 0 Å². The van der Waals surface area contributed by atoms with Gasteiger partial charge in [0.1, 0.15) is 10.7 Å². The van der Waals surface area contributed by atoms with Gasteiger partial charge < -0.3 is 0 Å². The van der Waals surface area contributed by atoms with Crippen LogP contribution >= 0.6 is 11.3 Å². The number of aryl methyl sites for hydroxylation is 2. The molecule has 3 nitrogen and oxygen atoms in total.